The Balaban J connectivity index is 2.26. The Labute approximate surface area is 234 Å². The zero-order valence-corrected chi connectivity index (χ0v) is 24.5. The van der Waals surface area contributed by atoms with E-state index < -0.39 is 24.1 Å². The van der Waals surface area contributed by atoms with Crippen molar-refractivity contribution in [3.05, 3.63) is 16.1 Å². The van der Waals surface area contributed by atoms with Crippen molar-refractivity contribution in [3.63, 3.8) is 0 Å². The lowest BCUT2D eigenvalue weighted by Gasteiger charge is -2.35. The van der Waals surface area contributed by atoms with Crippen LogP contribution in [0.2, 0.25) is 0 Å². The van der Waals surface area contributed by atoms with E-state index in [4.69, 9.17) is 9.47 Å². The molecule has 0 aromatic carbocycles. The number of nitrogens with zero attached hydrogens (tertiary/aromatic N) is 3. The fraction of sp³-hybridized carbons (Fsp3) is 0.704. The smallest absolute Gasteiger partial charge is 0.307 e. The van der Waals surface area contributed by atoms with Gasteiger partial charge in [-0.2, -0.15) is 0 Å². The number of nitrogens with one attached hydrogen (secondary N) is 1. The Morgan fingerprint density at radius 2 is 2.03 bits per heavy atom. The molecule has 2 amide bonds. The number of carbonyl (C=O) groups excluding carboxylic acids is 5. The lowest BCUT2D eigenvalue weighted by atomic mass is 9.96. The van der Waals surface area contributed by atoms with E-state index >= 15 is 0 Å². The van der Waals surface area contributed by atoms with Crippen molar-refractivity contribution in [2.75, 3.05) is 26.9 Å². The third kappa shape index (κ3) is 9.99. The molecule has 1 N–H and O–H groups in total. The first kappa shape index (κ1) is 32.4. The summed E-state index contributed by atoms with van der Waals surface area (Å²) in [7, 11) is 1.91. The second-order valence-corrected chi connectivity index (χ2v) is 10.9. The first-order valence-electron chi connectivity index (χ1n) is 13.6. The van der Waals surface area contributed by atoms with Crippen molar-refractivity contribution in [1.82, 2.24) is 20.1 Å². The molecule has 218 valence electrons. The van der Waals surface area contributed by atoms with E-state index in [0.29, 0.717) is 24.1 Å². The maximum absolute atomic E-state index is 13.9. The molecule has 0 radical (unpaired) electrons. The number of hydrogen-bond donors (Lipinski definition) is 1. The number of aromatic nitrogens is 1. The van der Waals surface area contributed by atoms with Crippen LogP contribution in [0.5, 0.6) is 0 Å². The van der Waals surface area contributed by atoms with Crippen LogP contribution < -0.4 is 5.32 Å². The molecule has 0 saturated carbocycles. The fourth-order valence-electron chi connectivity index (χ4n) is 4.41. The molecule has 1 aliphatic rings. The molecule has 2 heterocycles. The number of likely N-dealkylation sites (tertiary alicyclic amines) is 1. The summed E-state index contributed by atoms with van der Waals surface area (Å²) in [6.45, 7) is 7.55. The maximum atomic E-state index is 13.9. The largest absolute Gasteiger partial charge is 0.455 e. The van der Waals surface area contributed by atoms with E-state index in [0.717, 1.165) is 25.8 Å². The highest BCUT2D eigenvalue weighted by atomic mass is 32.1. The standard InChI is InChI=1S/C27H42N4O7S/c1-6-10-23(34)37-17-31(14-12-22(38-19(4)33)26-28-20(15-32)16-39-26)27(36)24(18(3)7-2)29-25(35)21-11-8-9-13-30(21)5/h15-16,18,21-22,24H,6-14,17H2,1-5H3,(H,29,35)/t18?,21-,22-,24?/m1/s1. The molecule has 12 heteroatoms. The molecule has 0 spiro atoms. The summed E-state index contributed by atoms with van der Waals surface area (Å²) >= 11 is 1.18. The Morgan fingerprint density at radius 1 is 1.28 bits per heavy atom. The number of esters is 2. The number of carbonyl (C=O) groups is 5. The van der Waals surface area contributed by atoms with Gasteiger partial charge in [0.25, 0.3) is 0 Å². The molecule has 39 heavy (non-hydrogen) atoms. The monoisotopic (exact) mass is 566 g/mol. The highest BCUT2D eigenvalue weighted by molar-refractivity contribution is 7.09. The minimum Gasteiger partial charge on any atom is -0.455 e. The summed E-state index contributed by atoms with van der Waals surface area (Å²) in [5, 5.41) is 4.96. The maximum Gasteiger partial charge on any atom is 0.307 e. The third-order valence-electron chi connectivity index (χ3n) is 6.90. The van der Waals surface area contributed by atoms with Crippen LogP contribution in [0.4, 0.5) is 0 Å². The van der Waals surface area contributed by atoms with Crippen molar-refractivity contribution >= 4 is 41.4 Å². The van der Waals surface area contributed by atoms with Crippen molar-refractivity contribution in [2.24, 2.45) is 5.92 Å². The normalized spacial score (nSPS) is 17.9. The summed E-state index contributed by atoms with van der Waals surface area (Å²) in [5.41, 5.74) is 0.223. The van der Waals surface area contributed by atoms with Crippen LogP contribution in [0, 0.1) is 5.92 Å². The predicted octanol–water partition coefficient (Wildman–Crippen LogP) is 3.09. The Kier molecular flexibility index (Phi) is 13.5. The van der Waals surface area contributed by atoms with E-state index in [1.54, 1.807) is 5.38 Å². The zero-order chi connectivity index (χ0) is 28.9. The van der Waals surface area contributed by atoms with Crippen LogP contribution in [0.15, 0.2) is 5.38 Å². The first-order valence-corrected chi connectivity index (χ1v) is 14.5. The fourth-order valence-corrected chi connectivity index (χ4v) is 5.23. The van der Waals surface area contributed by atoms with Gasteiger partial charge in [0, 0.05) is 31.7 Å². The SMILES string of the molecule is CCCC(=O)OCN(CC[C@@H](OC(C)=O)c1nc(C=O)cs1)C(=O)C(NC(=O)[C@H]1CCCCN1C)C(C)CC. The first-order chi connectivity index (χ1) is 18.6. The van der Waals surface area contributed by atoms with Gasteiger partial charge in [-0.3, -0.25) is 28.9 Å². The minimum atomic E-state index is -0.823. The highest BCUT2D eigenvalue weighted by Crippen LogP contribution is 2.26. The lowest BCUT2D eigenvalue weighted by Crippen LogP contribution is -2.57. The number of ether oxygens (including phenoxy) is 2. The molecule has 1 saturated heterocycles. The molecule has 2 rings (SSSR count). The average Bonchev–Trinajstić information content (AvgIpc) is 3.39. The van der Waals surface area contributed by atoms with E-state index in [2.05, 4.69) is 10.3 Å². The number of hydrogen-bond acceptors (Lipinski definition) is 10. The van der Waals surface area contributed by atoms with Crippen LogP contribution in [0.25, 0.3) is 0 Å². The molecule has 0 aliphatic carbocycles. The number of piperidine rings is 1. The summed E-state index contributed by atoms with van der Waals surface area (Å²) in [5.74, 6) is -1.72. The van der Waals surface area contributed by atoms with E-state index in [-0.39, 0.29) is 55.6 Å². The van der Waals surface area contributed by atoms with Gasteiger partial charge < -0.3 is 19.7 Å². The molecule has 1 aromatic rings. The van der Waals surface area contributed by atoms with Gasteiger partial charge in [0.05, 0.1) is 6.04 Å². The van der Waals surface area contributed by atoms with Gasteiger partial charge in [0.15, 0.2) is 19.1 Å². The average molecular weight is 567 g/mol. The number of likely N-dealkylation sites (N-methyl/N-ethyl adjacent to an activating group) is 1. The second-order valence-electron chi connectivity index (χ2n) is 9.98. The Hall–Kier alpha value is -2.86. The molecular formula is C27H42N4O7S. The molecule has 1 aromatic heterocycles. The second kappa shape index (κ2) is 16.3. The van der Waals surface area contributed by atoms with E-state index in [1.807, 2.05) is 32.7 Å². The van der Waals surface area contributed by atoms with Crippen LogP contribution >= 0.6 is 11.3 Å². The highest BCUT2D eigenvalue weighted by Gasteiger charge is 2.35. The molecule has 1 fully saturated rings. The molecule has 11 nitrogen and oxygen atoms in total. The van der Waals surface area contributed by atoms with Crippen LogP contribution in [0.1, 0.15) is 94.2 Å². The number of amides is 2. The van der Waals surface area contributed by atoms with Crippen molar-refractivity contribution in [3.8, 4) is 0 Å². The van der Waals surface area contributed by atoms with Crippen molar-refractivity contribution in [1.29, 1.82) is 0 Å². The predicted molar refractivity (Wildman–Crippen MR) is 146 cm³/mol. The quantitative estimate of drug-likeness (QED) is 0.193. The number of thiazole rings is 1. The van der Waals surface area contributed by atoms with Crippen LogP contribution in [-0.4, -0.2) is 83.8 Å². The Morgan fingerprint density at radius 3 is 2.62 bits per heavy atom. The topological polar surface area (TPSA) is 135 Å². The summed E-state index contributed by atoms with van der Waals surface area (Å²) < 4.78 is 10.8. The molecule has 2 unspecified atom stereocenters. The minimum absolute atomic E-state index is 0.0678. The van der Waals surface area contributed by atoms with Gasteiger partial charge in [-0.05, 0) is 38.8 Å². The molecular weight excluding hydrogens is 524 g/mol. The van der Waals surface area contributed by atoms with Gasteiger partial charge >= 0.3 is 11.9 Å². The van der Waals surface area contributed by atoms with Gasteiger partial charge in [-0.25, -0.2) is 4.98 Å². The van der Waals surface area contributed by atoms with E-state index in [1.165, 1.54) is 23.2 Å². The van der Waals surface area contributed by atoms with Gasteiger partial charge in [-0.15, -0.1) is 11.3 Å². The van der Waals surface area contributed by atoms with Gasteiger partial charge in [0.2, 0.25) is 11.8 Å². The van der Waals surface area contributed by atoms with Gasteiger partial charge in [-0.1, -0.05) is 33.6 Å². The van der Waals surface area contributed by atoms with Crippen LogP contribution in [-0.2, 0) is 28.7 Å². The summed E-state index contributed by atoms with van der Waals surface area (Å²) in [4.78, 5) is 69.7. The molecule has 1 aliphatic heterocycles. The molecule has 0 bridgehead atoms. The zero-order valence-electron chi connectivity index (χ0n) is 23.6. The van der Waals surface area contributed by atoms with Crippen molar-refractivity contribution < 1.29 is 33.4 Å². The summed E-state index contributed by atoms with van der Waals surface area (Å²) in [6, 6.07) is -1.13. The number of rotatable bonds is 15. The number of aldehydes is 1. The van der Waals surface area contributed by atoms with Crippen molar-refractivity contribution in [2.45, 2.75) is 90.8 Å². The van der Waals surface area contributed by atoms with Gasteiger partial charge in [0.1, 0.15) is 16.7 Å². The summed E-state index contributed by atoms with van der Waals surface area (Å²) in [6.07, 6.45) is 4.14. The molecule has 4 atom stereocenters. The third-order valence-corrected chi connectivity index (χ3v) is 7.86. The van der Waals surface area contributed by atoms with E-state index in [9.17, 15) is 24.0 Å². The lowest BCUT2D eigenvalue weighted by molar-refractivity contribution is -0.156. The van der Waals surface area contributed by atoms with Crippen LogP contribution in [0.3, 0.4) is 0 Å². The Bertz CT molecular complexity index is 985.